The molecule has 0 aliphatic heterocycles. The molecule has 0 aliphatic rings. The molecule has 0 aromatic carbocycles. The molecule has 0 spiro atoms. The van der Waals surface area contributed by atoms with E-state index < -0.39 is 0 Å². The Morgan fingerprint density at radius 2 is 2.33 bits per heavy atom. The molecule has 0 fully saturated rings. The molecule has 76 valence electrons. The van der Waals surface area contributed by atoms with Crippen LogP contribution in [0, 0.1) is 0 Å². The van der Waals surface area contributed by atoms with Crippen molar-refractivity contribution in [3.05, 3.63) is 30.2 Å². The average molecular weight is 201 g/mol. The van der Waals surface area contributed by atoms with Crippen LogP contribution in [0.2, 0.25) is 0 Å². The molecule has 2 heterocycles. The fourth-order valence-corrected chi connectivity index (χ4v) is 1.43. The van der Waals surface area contributed by atoms with Crippen molar-refractivity contribution < 1.29 is 4.79 Å². The van der Waals surface area contributed by atoms with Crippen LogP contribution < -0.4 is 0 Å². The van der Waals surface area contributed by atoms with Gasteiger partial charge in [-0.1, -0.05) is 13.8 Å². The maximum Gasteiger partial charge on any atom is 0.240 e. The van der Waals surface area contributed by atoms with E-state index in [4.69, 9.17) is 0 Å². The van der Waals surface area contributed by atoms with E-state index >= 15 is 0 Å². The molecule has 15 heavy (non-hydrogen) atoms. The normalized spacial score (nSPS) is 10.6. The van der Waals surface area contributed by atoms with E-state index in [0.29, 0.717) is 17.3 Å². The summed E-state index contributed by atoms with van der Waals surface area (Å²) >= 11 is 0. The molecule has 0 radical (unpaired) electrons. The molecule has 0 atom stereocenters. The zero-order valence-electron chi connectivity index (χ0n) is 8.64. The Bertz CT molecular complexity index is 536. The van der Waals surface area contributed by atoms with Gasteiger partial charge in [0.25, 0.3) is 0 Å². The third-order valence-corrected chi connectivity index (χ3v) is 2.24. The second-order valence-electron chi connectivity index (χ2n) is 3.65. The standard InChI is InChI=1S/C11H11N3O/c1-8(2)10-6-14-5-3-4-9(12-7-15)11(14)13-10/h3-6,8H,1-2H3. The fraction of sp³-hybridized carbons (Fsp3) is 0.273. The summed E-state index contributed by atoms with van der Waals surface area (Å²) in [6.45, 7) is 4.15. The van der Waals surface area contributed by atoms with Crippen LogP contribution in [0.15, 0.2) is 29.5 Å². The van der Waals surface area contributed by atoms with Crippen LogP contribution >= 0.6 is 0 Å². The second-order valence-corrected chi connectivity index (χ2v) is 3.65. The Kier molecular flexibility index (Phi) is 2.35. The van der Waals surface area contributed by atoms with E-state index in [2.05, 4.69) is 23.8 Å². The third kappa shape index (κ3) is 1.67. The van der Waals surface area contributed by atoms with Crippen molar-refractivity contribution in [3.63, 3.8) is 0 Å². The van der Waals surface area contributed by atoms with Crippen LogP contribution in [0.4, 0.5) is 5.69 Å². The van der Waals surface area contributed by atoms with Crippen LogP contribution in [-0.2, 0) is 4.79 Å². The summed E-state index contributed by atoms with van der Waals surface area (Å²) in [4.78, 5) is 18.3. The summed E-state index contributed by atoms with van der Waals surface area (Å²) in [5.41, 5.74) is 2.24. The zero-order valence-corrected chi connectivity index (χ0v) is 8.64. The lowest BCUT2D eigenvalue weighted by Crippen LogP contribution is -1.84. The Balaban J connectivity index is 2.69. The first-order chi connectivity index (χ1) is 7.22. The Morgan fingerprint density at radius 3 is 3.00 bits per heavy atom. The molecule has 0 bridgehead atoms. The highest BCUT2D eigenvalue weighted by molar-refractivity contribution is 5.67. The van der Waals surface area contributed by atoms with Gasteiger partial charge in [-0.25, -0.2) is 9.78 Å². The van der Waals surface area contributed by atoms with E-state index in [1.54, 1.807) is 6.07 Å². The molecular weight excluding hydrogens is 190 g/mol. The maximum absolute atomic E-state index is 10.2. The number of aromatic nitrogens is 2. The third-order valence-electron chi connectivity index (χ3n) is 2.24. The number of imidazole rings is 1. The molecule has 0 unspecified atom stereocenters. The monoisotopic (exact) mass is 201 g/mol. The molecular formula is C11H11N3O. The minimum Gasteiger partial charge on any atom is -0.305 e. The quantitative estimate of drug-likeness (QED) is 0.553. The number of pyridine rings is 1. The smallest absolute Gasteiger partial charge is 0.240 e. The number of rotatable bonds is 2. The molecule has 0 saturated carbocycles. The van der Waals surface area contributed by atoms with E-state index in [-0.39, 0.29) is 0 Å². The van der Waals surface area contributed by atoms with Gasteiger partial charge in [-0.05, 0) is 18.1 Å². The lowest BCUT2D eigenvalue weighted by atomic mass is 10.2. The number of nitrogens with zero attached hydrogens (tertiary/aromatic N) is 3. The summed E-state index contributed by atoms with van der Waals surface area (Å²) < 4.78 is 1.87. The van der Waals surface area contributed by atoms with Gasteiger partial charge in [0.05, 0.1) is 5.69 Å². The molecule has 2 aromatic rings. The first-order valence-corrected chi connectivity index (χ1v) is 4.78. The van der Waals surface area contributed by atoms with Crippen LogP contribution in [0.25, 0.3) is 5.65 Å². The largest absolute Gasteiger partial charge is 0.305 e. The molecule has 0 N–H and O–H groups in total. The number of aliphatic imine (C=N–C) groups is 1. The topological polar surface area (TPSA) is 46.7 Å². The molecule has 0 amide bonds. The highest BCUT2D eigenvalue weighted by Gasteiger charge is 2.07. The Labute approximate surface area is 87.3 Å². The van der Waals surface area contributed by atoms with Gasteiger partial charge in [0, 0.05) is 12.4 Å². The molecule has 2 rings (SSSR count). The molecule has 2 aromatic heterocycles. The minimum absolute atomic E-state index is 0.359. The first kappa shape index (κ1) is 9.62. The maximum atomic E-state index is 10.2. The minimum atomic E-state index is 0.359. The number of isocyanates is 1. The SMILES string of the molecule is CC(C)c1cn2cccc(N=C=O)c2n1. The Morgan fingerprint density at radius 1 is 1.53 bits per heavy atom. The van der Waals surface area contributed by atoms with Crippen LogP contribution in [0.1, 0.15) is 25.5 Å². The van der Waals surface area contributed by atoms with Gasteiger partial charge in [0.2, 0.25) is 6.08 Å². The van der Waals surface area contributed by atoms with E-state index in [1.807, 2.05) is 22.9 Å². The van der Waals surface area contributed by atoms with Crippen molar-refractivity contribution in [2.45, 2.75) is 19.8 Å². The van der Waals surface area contributed by atoms with Crippen molar-refractivity contribution in [1.29, 1.82) is 0 Å². The first-order valence-electron chi connectivity index (χ1n) is 4.78. The van der Waals surface area contributed by atoms with Gasteiger partial charge >= 0.3 is 0 Å². The van der Waals surface area contributed by atoms with Crippen molar-refractivity contribution >= 4 is 17.4 Å². The lowest BCUT2D eigenvalue weighted by molar-refractivity contribution is 0.565. The van der Waals surface area contributed by atoms with Gasteiger partial charge in [0.15, 0.2) is 5.65 Å². The predicted molar refractivity (Wildman–Crippen MR) is 57.1 cm³/mol. The molecule has 4 heteroatoms. The van der Waals surface area contributed by atoms with Crippen molar-refractivity contribution in [3.8, 4) is 0 Å². The molecule has 4 nitrogen and oxygen atoms in total. The van der Waals surface area contributed by atoms with Crippen LogP contribution in [-0.4, -0.2) is 15.5 Å². The number of carbonyl (C=O) groups excluding carboxylic acids is 1. The second kappa shape index (κ2) is 3.67. The van der Waals surface area contributed by atoms with Gasteiger partial charge in [-0.3, -0.25) is 0 Å². The van der Waals surface area contributed by atoms with Crippen molar-refractivity contribution in [2.24, 2.45) is 4.99 Å². The fourth-order valence-electron chi connectivity index (χ4n) is 1.43. The van der Waals surface area contributed by atoms with Crippen molar-refractivity contribution in [1.82, 2.24) is 9.38 Å². The lowest BCUT2D eigenvalue weighted by Gasteiger charge is -1.94. The van der Waals surface area contributed by atoms with Crippen LogP contribution in [0.5, 0.6) is 0 Å². The summed E-state index contributed by atoms with van der Waals surface area (Å²) in [5.74, 6) is 0.359. The van der Waals surface area contributed by atoms with Gasteiger partial charge in [-0.2, -0.15) is 4.99 Å². The summed E-state index contributed by atoms with van der Waals surface area (Å²) in [6.07, 6.45) is 5.37. The van der Waals surface area contributed by atoms with Gasteiger partial charge in [0.1, 0.15) is 5.69 Å². The number of hydrogen-bond acceptors (Lipinski definition) is 3. The summed E-state index contributed by atoms with van der Waals surface area (Å²) in [7, 11) is 0. The van der Waals surface area contributed by atoms with E-state index in [9.17, 15) is 4.79 Å². The highest BCUT2D eigenvalue weighted by atomic mass is 16.1. The zero-order chi connectivity index (χ0) is 10.8. The summed E-state index contributed by atoms with van der Waals surface area (Å²) in [5, 5.41) is 0. The van der Waals surface area contributed by atoms with E-state index in [0.717, 1.165) is 5.69 Å². The van der Waals surface area contributed by atoms with Crippen molar-refractivity contribution in [2.75, 3.05) is 0 Å². The number of fused-ring (bicyclic) bond motifs is 1. The predicted octanol–water partition coefficient (Wildman–Crippen LogP) is 2.43. The summed E-state index contributed by atoms with van der Waals surface area (Å²) in [6, 6.07) is 3.58. The molecule has 0 saturated heterocycles. The average Bonchev–Trinajstić information content (AvgIpc) is 2.63. The van der Waals surface area contributed by atoms with E-state index in [1.165, 1.54) is 6.08 Å². The highest BCUT2D eigenvalue weighted by Crippen LogP contribution is 2.21. The van der Waals surface area contributed by atoms with Gasteiger partial charge < -0.3 is 4.40 Å². The van der Waals surface area contributed by atoms with Gasteiger partial charge in [-0.15, -0.1) is 0 Å². The number of hydrogen-bond donors (Lipinski definition) is 0. The van der Waals surface area contributed by atoms with Crippen LogP contribution in [0.3, 0.4) is 0 Å². The molecule has 0 aliphatic carbocycles. The Hall–Kier alpha value is -1.93.